The summed E-state index contributed by atoms with van der Waals surface area (Å²) >= 11 is 5.62. The minimum absolute atomic E-state index is 0.0343. The third kappa shape index (κ3) is 3.42. The summed E-state index contributed by atoms with van der Waals surface area (Å²) in [4.78, 5) is 0.441. The van der Waals surface area contributed by atoms with Gasteiger partial charge >= 0.3 is 0 Å². The van der Waals surface area contributed by atoms with Gasteiger partial charge in [0.25, 0.3) is 0 Å². The van der Waals surface area contributed by atoms with Crippen LogP contribution in [-0.2, 0) is 0 Å². The number of nitrogens with zero attached hydrogens (tertiary/aromatic N) is 2. The van der Waals surface area contributed by atoms with Gasteiger partial charge in [0.2, 0.25) is 0 Å². The molecule has 0 aromatic heterocycles. The summed E-state index contributed by atoms with van der Waals surface area (Å²) in [5.41, 5.74) is 4.39. The van der Waals surface area contributed by atoms with E-state index in [4.69, 9.17) is 11.6 Å². The molecule has 0 aliphatic heterocycles. The second-order valence-corrected chi connectivity index (χ2v) is 4.36. The van der Waals surface area contributed by atoms with E-state index in [1.165, 1.54) is 18.2 Å². The molecule has 6 heteroatoms. The maximum absolute atomic E-state index is 12.9. The molecular weight excluding hydrogens is 269 g/mol. The summed E-state index contributed by atoms with van der Waals surface area (Å²) in [6, 6.07) is 10.9. The Morgan fingerprint density at radius 3 is 2.53 bits per heavy atom. The lowest BCUT2D eigenvalue weighted by Crippen LogP contribution is -1.98. The van der Waals surface area contributed by atoms with Crippen molar-refractivity contribution in [1.82, 2.24) is 0 Å². The Morgan fingerprint density at radius 2 is 1.89 bits per heavy atom. The Hall–Kier alpha value is -2.14. The van der Waals surface area contributed by atoms with Gasteiger partial charge in [0.05, 0.1) is 10.2 Å². The van der Waals surface area contributed by atoms with Crippen LogP contribution in [0, 0.1) is 17.9 Å². The van der Waals surface area contributed by atoms with Gasteiger partial charge in [-0.1, -0.05) is 29.3 Å². The molecule has 0 aliphatic rings. The molecule has 2 aromatic rings. The first-order valence-corrected chi connectivity index (χ1v) is 5.90. The van der Waals surface area contributed by atoms with Crippen molar-refractivity contribution in [2.75, 3.05) is 5.43 Å². The van der Waals surface area contributed by atoms with E-state index in [1.807, 2.05) is 19.1 Å². The van der Waals surface area contributed by atoms with Crippen molar-refractivity contribution in [3.63, 3.8) is 0 Å². The summed E-state index contributed by atoms with van der Waals surface area (Å²) in [5, 5.41) is 15.2. The quantitative estimate of drug-likeness (QED) is 0.514. The summed E-state index contributed by atoms with van der Waals surface area (Å²) in [6.07, 6.45) is 0. The van der Waals surface area contributed by atoms with E-state index in [-0.39, 0.29) is 5.02 Å². The Kier molecular flexibility index (Phi) is 3.97. The average molecular weight is 280 g/mol. The van der Waals surface area contributed by atoms with Crippen molar-refractivity contribution in [2.24, 2.45) is 5.22 Å². The molecule has 4 nitrogen and oxygen atoms in total. The first-order chi connectivity index (χ1) is 9.06. The first kappa shape index (κ1) is 13.3. The Labute approximate surface area is 114 Å². The number of benzene rings is 2. The number of aryl methyl sites for hydroxylation is 1. The predicted molar refractivity (Wildman–Crippen MR) is 71.9 cm³/mol. The van der Waals surface area contributed by atoms with Gasteiger partial charge in [-0.3, -0.25) is 0 Å². The van der Waals surface area contributed by atoms with Gasteiger partial charge in [0.1, 0.15) is 11.5 Å². The van der Waals surface area contributed by atoms with E-state index >= 15 is 0 Å². The second kappa shape index (κ2) is 5.67. The fraction of sp³-hybridized carbons (Fsp3) is 0.0769. The SMILES string of the molecule is Cc1ccc(/[N+]([O-])=N/Nc2ccc(F)c(Cl)c2)cc1. The van der Waals surface area contributed by atoms with Crippen molar-refractivity contribution >= 4 is 23.0 Å². The van der Waals surface area contributed by atoms with Gasteiger partial charge < -0.3 is 5.21 Å². The van der Waals surface area contributed by atoms with Crippen molar-refractivity contribution in [3.8, 4) is 0 Å². The Balaban J connectivity index is 2.13. The lowest BCUT2D eigenvalue weighted by molar-refractivity contribution is -0.439. The predicted octanol–water partition coefficient (Wildman–Crippen LogP) is 4.41. The van der Waals surface area contributed by atoms with E-state index in [0.717, 1.165) is 5.56 Å². The highest BCUT2D eigenvalue weighted by Gasteiger charge is 2.04. The van der Waals surface area contributed by atoms with Crippen LogP contribution < -0.4 is 5.43 Å². The summed E-state index contributed by atoms with van der Waals surface area (Å²) < 4.78 is 12.9. The fourth-order valence-electron chi connectivity index (χ4n) is 1.40. The molecule has 2 rings (SSSR count). The molecule has 0 spiro atoms. The molecule has 0 saturated carbocycles. The molecule has 0 aliphatic carbocycles. The number of halogens is 2. The van der Waals surface area contributed by atoms with Crippen LogP contribution in [-0.4, -0.2) is 4.86 Å². The third-order valence-corrected chi connectivity index (χ3v) is 2.73. The maximum Gasteiger partial charge on any atom is 0.154 e. The molecule has 0 atom stereocenters. The summed E-state index contributed by atoms with van der Waals surface area (Å²) in [6.45, 7) is 1.93. The second-order valence-electron chi connectivity index (χ2n) is 3.95. The van der Waals surface area contributed by atoms with E-state index in [2.05, 4.69) is 10.6 Å². The van der Waals surface area contributed by atoms with Gasteiger partial charge in [-0.2, -0.15) is 0 Å². The highest BCUT2D eigenvalue weighted by Crippen LogP contribution is 2.19. The number of hydrogen-bond donors (Lipinski definition) is 1. The molecular formula is C13H11ClFN3O. The smallest absolute Gasteiger partial charge is 0.154 e. The van der Waals surface area contributed by atoms with Crippen molar-refractivity contribution in [2.45, 2.75) is 6.92 Å². The minimum Gasteiger partial charge on any atom is -0.691 e. The largest absolute Gasteiger partial charge is 0.691 e. The molecule has 0 saturated heterocycles. The van der Waals surface area contributed by atoms with Crippen LogP contribution in [0.1, 0.15) is 5.56 Å². The number of nitrogens with one attached hydrogen (secondary N) is 1. The van der Waals surface area contributed by atoms with E-state index in [0.29, 0.717) is 16.2 Å². The Morgan fingerprint density at radius 1 is 1.21 bits per heavy atom. The molecule has 19 heavy (non-hydrogen) atoms. The van der Waals surface area contributed by atoms with Crippen LogP contribution in [0.3, 0.4) is 0 Å². The van der Waals surface area contributed by atoms with E-state index < -0.39 is 5.82 Å². The zero-order valence-corrected chi connectivity index (χ0v) is 10.9. The van der Waals surface area contributed by atoms with Crippen LogP contribution in [0.5, 0.6) is 0 Å². The van der Waals surface area contributed by atoms with Crippen LogP contribution >= 0.6 is 11.6 Å². The summed E-state index contributed by atoms with van der Waals surface area (Å²) in [5.74, 6) is -0.523. The fourth-order valence-corrected chi connectivity index (χ4v) is 1.58. The van der Waals surface area contributed by atoms with E-state index in [9.17, 15) is 9.60 Å². The zero-order valence-electron chi connectivity index (χ0n) is 10.1. The normalized spacial score (nSPS) is 11.4. The molecule has 0 fully saturated rings. The minimum atomic E-state index is -0.523. The van der Waals surface area contributed by atoms with Crippen LogP contribution in [0.25, 0.3) is 0 Å². The number of rotatable bonds is 3. The molecule has 0 radical (unpaired) electrons. The Bertz CT molecular complexity index is 614. The maximum atomic E-state index is 12.9. The van der Waals surface area contributed by atoms with Crippen molar-refractivity contribution in [1.29, 1.82) is 0 Å². The topological polar surface area (TPSA) is 50.5 Å². The van der Waals surface area contributed by atoms with Crippen molar-refractivity contribution in [3.05, 3.63) is 64.1 Å². The number of anilines is 1. The standard InChI is InChI=1S/C13H11ClFN3O/c1-9-2-5-11(6-3-9)18(19)17-16-10-4-7-13(15)12(14)8-10/h2-8,16H,1H3/b18-17-. The molecule has 98 valence electrons. The highest BCUT2D eigenvalue weighted by atomic mass is 35.5. The monoisotopic (exact) mass is 279 g/mol. The van der Waals surface area contributed by atoms with Gasteiger partial charge in [0.15, 0.2) is 5.69 Å². The van der Waals surface area contributed by atoms with Gasteiger partial charge in [-0.05, 0) is 31.2 Å². The van der Waals surface area contributed by atoms with E-state index in [1.54, 1.807) is 12.1 Å². The molecule has 0 amide bonds. The molecule has 0 unspecified atom stereocenters. The molecule has 2 aromatic carbocycles. The lowest BCUT2D eigenvalue weighted by Gasteiger charge is -2.05. The molecule has 1 N–H and O–H groups in total. The average Bonchev–Trinajstić information content (AvgIpc) is 2.40. The van der Waals surface area contributed by atoms with Gasteiger partial charge in [0, 0.05) is 6.07 Å². The van der Waals surface area contributed by atoms with Crippen LogP contribution in [0.2, 0.25) is 5.02 Å². The molecule has 0 heterocycles. The lowest BCUT2D eigenvalue weighted by atomic mass is 10.2. The number of hydrogen-bond acceptors (Lipinski definition) is 2. The van der Waals surface area contributed by atoms with Crippen molar-refractivity contribution < 1.29 is 9.25 Å². The molecule has 0 bridgehead atoms. The first-order valence-electron chi connectivity index (χ1n) is 5.52. The highest BCUT2D eigenvalue weighted by molar-refractivity contribution is 6.31. The van der Waals surface area contributed by atoms with Gasteiger partial charge in [-0.25, -0.2) is 4.39 Å². The zero-order chi connectivity index (χ0) is 13.8. The van der Waals surface area contributed by atoms with Crippen LogP contribution in [0.15, 0.2) is 47.7 Å². The third-order valence-electron chi connectivity index (χ3n) is 2.44. The van der Waals surface area contributed by atoms with Crippen LogP contribution in [0.4, 0.5) is 15.8 Å². The summed E-state index contributed by atoms with van der Waals surface area (Å²) in [7, 11) is 0. The van der Waals surface area contributed by atoms with Gasteiger partial charge in [-0.15, -0.1) is 10.3 Å².